The van der Waals surface area contributed by atoms with Crippen LogP contribution in [0.25, 0.3) is 6.08 Å². The summed E-state index contributed by atoms with van der Waals surface area (Å²) in [5.74, 6) is 0.973. The molecule has 4 nitrogen and oxygen atoms in total. The molecule has 7 heteroatoms. The highest BCUT2D eigenvalue weighted by molar-refractivity contribution is 8.27. The Hall–Kier alpha value is -3.16. The number of carbonyl (C=O) groups excluding carboxylic acids is 1. The van der Waals surface area contributed by atoms with Crippen molar-refractivity contribution in [2.45, 2.75) is 6.61 Å². The fourth-order valence-electron chi connectivity index (χ4n) is 2.98. The number of halogens is 1. The van der Waals surface area contributed by atoms with E-state index in [2.05, 4.69) is 0 Å². The van der Waals surface area contributed by atoms with E-state index >= 15 is 0 Å². The van der Waals surface area contributed by atoms with Crippen LogP contribution < -0.4 is 14.4 Å². The standard InChI is InChI=1S/C24H18FNO3S2/c1-28-20-12-8-19(9-13-20)26-23(27)22(31-24(26)30)14-16-4-10-21(11-5-16)29-15-17-2-6-18(25)7-3-17/h2-14H,15H2,1H3/b22-14-. The second-order valence-corrected chi connectivity index (χ2v) is 8.38. The molecule has 0 radical (unpaired) electrons. The van der Waals surface area contributed by atoms with Gasteiger partial charge in [-0.25, -0.2) is 4.39 Å². The van der Waals surface area contributed by atoms with Gasteiger partial charge in [0, 0.05) is 0 Å². The van der Waals surface area contributed by atoms with Gasteiger partial charge in [0.2, 0.25) is 0 Å². The summed E-state index contributed by atoms with van der Waals surface area (Å²) in [6.45, 7) is 0.347. The minimum atomic E-state index is -0.273. The van der Waals surface area contributed by atoms with Gasteiger partial charge in [-0.05, 0) is 65.7 Å². The van der Waals surface area contributed by atoms with Gasteiger partial charge in [-0.1, -0.05) is 48.2 Å². The lowest BCUT2D eigenvalue weighted by atomic mass is 10.2. The summed E-state index contributed by atoms with van der Waals surface area (Å²) in [6.07, 6.45) is 1.81. The number of amides is 1. The molecular formula is C24H18FNO3S2. The van der Waals surface area contributed by atoms with Gasteiger partial charge in [0.15, 0.2) is 4.32 Å². The van der Waals surface area contributed by atoms with Gasteiger partial charge in [0.05, 0.1) is 17.7 Å². The zero-order valence-electron chi connectivity index (χ0n) is 16.6. The number of carbonyl (C=O) groups is 1. The Kier molecular flexibility index (Phi) is 6.34. The number of anilines is 1. The highest BCUT2D eigenvalue weighted by Gasteiger charge is 2.33. The average molecular weight is 452 g/mol. The Labute approximate surface area is 189 Å². The number of thiocarbonyl (C=S) groups is 1. The number of nitrogens with zero attached hydrogens (tertiary/aromatic N) is 1. The number of ether oxygens (including phenoxy) is 2. The van der Waals surface area contributed by atoms with E-state index in [9.17, 15) is 9.18 Å². The van der Waals surface area contributed by atoms with Crippen molar-refractivity contribution in [3.05, 3.63) is 94.6 Å². The third kappa shape index (κ3) is 4.95. The molecule has 4 rings (SSSR count). The molecular weight excluding hydrogens is 433 g/mol. The van der Waals surface area contributed by atoms with Crippen molar-refractivity contribution in [2.24, 2.45) is 0 Å². The highest BCUT2D eigenvalue weighted by Crippen LogP contribution is 2.36. The minimum absolute atomic E-state index is 0.156. The number of methoxy groups -OCH3 is 1. The van der Waals surface area contributed by atoms with Crippen molar-refractivity contribution in [3.8, 4) is 11.5 Å². The van der Waals surface area contributed by atoms with Crippen LogP contribution >= 0.6 is 24.0 Å². The van der Waals surface area contributed by atoms with E-state index in [1.807, 2.05) is 30.3 Å². The molecule has 1 aliphatic heterocycles. The molecule has 0 bridgehead atoms. The van der Waals surface area contributed by atoms with Crippen LogP contribution in [0, 0.1) is 5.82 Å². The van der Waals surface area contributed by atoms with E-state index in [1.54, 1.807) is 43.5 Å². The molecule has 0 unspecified atom stereocenters. The topological polar surface area (TPSA) is 38.8 Å². The zero-order valence-corrected chi connectivity index (χ0v) is 18.2. The summed E-state index contributed by atoms with van der Waals surface area (Å²) in [7, 11) is 1.59. The fourth-order valence-corrected chi connectivity index (χ4v) is 4.28. The molecule has 156 valence electrons. The van der Waals surface area contributed by atoms with Crippen LogP contribution in [0.2, 0.25) is 0 Å². The first kappa shape index (κ1) is 21.1. The van der Waals surface area contributed by atoms with E-state index in [4.69, 9.17) is 21.7 Å². The van der Waals surface area contributed by atoms with Gasteiger partial charge in [0.1, 0.15) is 23.9 Å². The van der Waals surface area contributed by atoms with Gasteiger partial charge in [-0.3, -0.25) is 9.69 Å². The molecule has 3 aromatic rings. The van der Waals surface area contributed by atoms with Gasteiger partial charge >= 0.3 is 0 Å². The van der Waals surface area contributed by atoms with Crippen molar-refractivity contribution in [3.63, 3.8) is 0 Å². The van der Waals surface area contributed by atoms with Crippen molar-refractivity contribution in [1.82, 2.24) is 0 Å². The largest absolute Gasteiger partial charge is 0.497 e. The van der Waals surface area contributed by atoms with E-state index in [0.717, 1.165) is 11.1 Å². The molecule has 1 fully saturated rings. The number of benzene rings is 3. The molecule has 0 saturated carbocycles. The quantitative estimate of drug-likeness (QED) is 0.349. The fraction of sp³-hybridized carbons (Fsp3) is 0.0833. The third-order valence-electron chi connectivity index (χ3n) is 4.62. The Morgan fingerprint density at radius 1 is 0.968 bits per heavy atom. The second-order valence-electron chi connectivity index (χ2n) is 6.70. The summed E-state index contributed by atoms with van der Waals surface area (Å²) < 4.78 is 24.4. The Bertz CT molecular complexity index is 1130. The van der Waals surface area contributed by atoms with Crippen LogP contribution in [0.3, 0.4) is 0 Å². The smallest absolute Gasteiger partial charge is 0.270 e. The number of rotatable bonds is 6. The molecule has 0 atom stereocenters. The molecule has 0 spiro atoms. The molecule has 0 aliphatic carbocycles. The molecule has 0 aromatic heterocycles. The van der Waals surface area contributed by atoms with Crippen LogP contribution in [0.5, 0.6) is 11.5 Å². The van der Waals surface area contributed by atoms with Crippen molar-refractivity contribution < 1.29 is 18.7 Å². The monoisotopic (exact) mass is 451 g/mol. The van der Waals surface area contributed by atoms with E-state index in [0.29, 0.717) is 33.0 Å². The van der Waals surface area contributed by atoms with Crippen molar-refractivity contribution in [2.75, 3.05) is 12.0 Å². The summed E-state index contributed by atoms with van der Waals surface area (Å²) in [5, 5.41) is 0. The van der Waals surface area contributed by atoms with E-state index in [-0.39, 0.29) is 11.7 Å². The molecule has 0 N–H and O–H groups in total. The lowest BCUT2D eigenvalue weighted by molar-refractivity contribution is -0.113. The highest BCUT2D eigenvalue weighted by atomic mass is 32.2. The van der Waals surface area contributed by atoms with Crippen LogP contribution in [0.4, 0.5) is 10.1 Å². The maximum absolute atomic E-state index is 13.0. The maximum atomic E-state index is 13.0. The third-order valence-corrected chi connectivity index (χ3v) is 5.92. The first-order valence-electron chi connectivity index (χ1n) is 9.43. The molecule has 1 aliphatic rings. The number of thioether (sulfide) groups is 1. The number of hydrogen-bond acceptors (Lipinski definition) is 5. The molecule has 1 amide bonds. The first-order chi connectivity index (χ1) is 15.0. The van der Waals surface area contributed by atoms with Gasteiger partial charge < -0.3 is 9.47 Å². The SMILES string of the molecule is COc1ccc(N2C(=O)/C(=C/c3ccc(OCc4ccc(F)cc4)cc3)SC2=S)cc1. The van der Waals surface area contributed by atoms with Crippen LogP contribution in [-0.4, -0.2) is 17.3 Å². The van der Waals surface area contributed by atoms with Crippen LogP contribution in [0.1, 0.15) is 11.1 Å². The molecule has 1 heterocycles. The summed E-state index contributed by atoms with van der Waals surface area (Å²) in [6, 6.07) is 20.8. The molecule has 31 heavy (non-hydrogen) atoms. The van der Waals surface area contributed by atoms with Crippen LogP contribution in [-0.2, 0) is 11.4 Å². The van der Waals surface area contributed by atoms with E-state index in [1.165, 1.54) is 28.8 Å². The second kappa shape index (κ2) is 9.32. The van der Waals surface area contributed by atoms with E-state index < -0.39 is 0 Å². The Morgan fingerprint density at radius 3 is 2.26 bits per heavy atom. The lowest BCUT2D eigenvalue weighted by Crippen LogP contribution is -2.27. The predicted octanol–water partition coefficient (Wildman–Crippen LogP) is 5.82. The van der Waals surface area contributed by atoms with Gasteiger partial charge in [0.25, 0.3) is 5.91 Å². The van der Waals surface area contributed by atoms with Crippen molar-refractivity contribution >= 4 is 46.0 Å². The zero-order chi connectivity index (χ0) is 21.8. The normalized spacial score (nSPS) is 14.9. The summed E-state index contributed by atoms with van der Waals surface area (Å²) in [5.41, 5.74) is 2.45. The van der Waals surface area contributed by atoms with Crippen molar-refractivity contribution in [1.29, 1.82) is 0 Å². The summed E-state index contributed by atoms with van der Waals surface area (Å²) >= 11 is 6.69. The average Bonchev–Trinajstić information content (AvgIpc) is 3.07. The molecule has 3 aromatic carbocycles. The molecule has 1 saturated heterocycles. The number of hydrogen-bond donors (Lipinski definition) is 0. The van der Waals surface area contributed by atoms with Gasteiger partial charge in [-0.15, -0.1) is 0 Å². The summed E-state index contributed by atoms with van der Waals surface area (Å²) in [4.78, 5) is 15.0. The Balaban J connectivity index is 1.43. The lowest BCUT2D eigenvalue weighted by Gasteiger charge is -2.14. The maximum Gasteiger partial charge on any atom is 0.270 e. The van der Waals surface area contributed by atoms with Crippen LogP contribution in [0.15, 0.2) is 77.7 Å². The first-order valence-corrected chi connectivity index (χ1v) is 10.7. The predicted molar refractivity (Wildman–Crippen MR) is 126 cm³/mol. The Morgan fingerprint density at radius 2 is 1.61 bits per heavy atom. The van der Waals surface area contributed by atoms with Gasteiger partial charge in [-0.2, -0.15) is 0 Å². The minimum Gasteiger partial charge on any atom is -0.497 e.